The predicted molar refractivity (Wildman–Crippen MR) is 59.3 cm³/mol. The zero-order chi connectivity index (χ0) is 13.5. The Kier molecular flexibility index (Phi) is 2.80. The Bertz CT molecular complexity index is 614. The summed E-state index contributed by atoms with van der Waals surface area (Å²) >= 11 is 0. The molecule has 2 rings (SSSR count). The number of aliphatic carboxylic acids is 1. The molecule has 0 aliphatic heterocycles. The number of para-hydroxylation sites is 1. The van der Waals surface area contributed by atoms with E-state index in [2.05, 4.69) is 0 Å². The van der Waals surface area contributed by atoms with Crippen LogP contribution in [-0.2, 0) is 24.4 Å². The third-order valence-electron chi connectivity index (χ3n) is 2.83. The molecule has 0 atom stereocenters. The van der Waals surface area contributed by atoms with Gasteiger partial charge in [0.05, 0.1) is 12.0 Å². The van der Waals surface area contributed by atoms with Gasteiger partial charge in [0.25, 0.3) is 0 Å². The summed E-state index contributed by atoms with van der Waals surface area (Å²) in [6, 6.07) is 6.01. The molecule has 0 aliphatic rings. The summed E-state index contributed by atoms with van der Waals surface area (Å²) in [5.41, 5.74) is -0.708. The molecule has 0 amide bonds. The number of aromatic nitrogens is 1. The summed E-state index contributed by atoms with van der Waals surface area (Å²) in [5, 5.41) is 8.76. The van der Waals surface area contributed by atoms with Crippen molar-refractivity contribution in [3.63, 3.8) is 0 Å². The Labute approximate surface area is 100 Å². The normalized spacial score (nSPS) is 12.0. The Morgan fingerprint density at radius 3 is 2.50 bits per heavy atom. The minimum absolute atomic E-state index is 0.0313. The van der Waals surface area contributed by atoms with Gasteiger partial charge in [-0.2, -0.15) is 13.2 Å². The van der Waals surface area contributed by atoms with Crippen molar-refractivity contribution in [1.29, 1.82) is 0 Å². The van der Waals surface area contributed by atoms with Gasteiger partial charge in [0.1, 0.15) is 0 Å². The largest absolute Gasteiger partial charge is 0.481 e. The van der Waals surface area contributed by atoms with E-state index in [4.69, 9.17) is 5.11 Å². The number of benzene rings is 1. The van der Waals surface area contributed by atoms with Crippen LogP contribution in [0.4, 0.5) is 13.2 Å². The minimum atomic E-state index is -4.56. The molecule has 2 aromatic rings. The van der Waals surface area contributed by atoms with Gasteiger partial charge < -0.3 is 9.67 Å². The fourth-order valence-corrected chi connectivity index (χ4v) is 2.11. The van der Waals surface area contributed by atoms with Gasteiger partial charge in [0.15, 0.2) is 0 Å². The molecule has 1 N–H and O–H groups in total. The van der Waals surface area contributed by atoms with Crippen molar-refractivity contribution >= 4 is 16.9 Å². The second-order valence-corrected chi connectivity index (χ2v) is 3.97. The highest BCUT2D eigenvalue weighted by atomic mass is 19.4. The molecule has 6 heteroatoms. The van der Waals surface area contributed by atoms with Gasteiger partial charge in [-0.25, -0.2) is 0 Å². The molecule has 96 valence electrons. The van der Waals surface area contributed by atoms with Crippen molar-refractivity contribution in [1.82, 2.24) is 4.57 Å². The lowest BCUT2D eigenvalue weighted by atomic mass is 10.1. The van der Waals surface area contributed by atoms with E-state index in [-0.39, 0.29) is 11.1 Å². The summed E-state index contributed by atoms with van der Waals surface area (Å²) in [7, 11) is 1.44. The van der Waals surface area contributed by atoms with E-state index >= 15 is 0 Å². The third kappa shape index (κ3) is 1.94. The SMILES string of the molecule is Cn1c(CC(=O)O)c(C(F)(F)F)c2ccccc21. The molecule has 1 aromatic carbocycles. The first kappa shape index (κ1) is 12.5. The number of halogens is 3. The summed E-state index contributed by atoms with van der Waals surface area (Å²) in [4.78, 5) is 10.7. The van der Waals surface area contributed by atoms with Crippen molar-refractivity contribution in [2.45, 2.75) is 12.6 Å². The number of hydrogen-bond acceptors (Lipinski definition) is 1. The van der Waals surface area contributed by atoms with E-state index in [1.54, 1.807) is 6.07 Å². The molecular weight excluding hydrogens is 247 g/mol. The molecule has 0 aliphatic carbocycles. The maximum Gasteiger partial charge on any atom is 0.418 e. The third-order valence-corrected chi connectivity index (χ3v) is 2.83. The lowest BCUT2D eigenvalue weighted by Crippen LogP contribution is -2.13. The topological polar surface area (TPSA) is 42.2 Å². The van der Waals surface area contributed by atoms with Crippen molar-refractivity contribution in [2.75, 3.05) is 0 Å². The molecule has 0 saturated carbocycles. The average molecular weight is 257 g/mol. The molecule has 0 bridgehead atoms. The summed E-state index contributed by atoms with van der Waals surface area (Å²) in [5.74, 6) is -1.29. The molecule has 0 spiro atoms. The molecule has 3 nitrogen and oxygen atoms in total. The number of aryl methyl sites for hydroxylation is 1. The minimum Gasteiger partial charge on any atom is -0.481 e. The predicted octanol–water partition coefficient (Wildman–Crippen LogP) is 2.82. The van der Waals surface area contributed by atoms with Crippen LogP contribution in [0.25, 0.3) is 10.9 Å². The van der Waals surface area contributed by atoms with Crippen LogP contribution in [0.1, 0.15) is 11.3 Å². The van der Waals surface area contributed by atoms with E-state index in [9.17, 15) is 18.0 Å². The Balaban J connectivity index is 2.81. The quantitative estimate of drug-likeness (QED) is 0.898. The number of hydrogen-bond donors (Lipinski definition) is 1. The number of alkyl halides is 3. The second kappa shape index (κ2) is 4.04. The number of fused-ring (bicyclic) bond motifs is 1. The van der Waals surface area contributed by atoms with Crippen LogP contribution < -0.4 is 0 Å². The maximum atomic E-state index is 13.0. The summed E-state index contributed by atoms with van der Waals surface area (Å²) in [6.07, 6.45) is -5.22. The van der Waals surface area contributed by atoms with Crippen LogP contribution in [0, 0.1) is 0 Å². The molecule has 0 radical (unpaired) electrons. The second-order valence-electron chi connectivity index (χ2n) is 3.97. The fraction of sp³-hybridized carbons (Fsp3) is 0.250. The monoisotopic (exact) mass is 257 g/mol. The van der Waals surface area contributed by atoms with E-state index < -0.39 is 24.1 Å². The van der Waals surface area contributed by atoms with Crippen LogP contribution in [0.2, 0.25) is 0 Å². The number of carboxylic acid groups (broad SMARTS) is 1. The Morgan fingerprint density at radius 1 is 1.33 bits per heavy atom. The van der Waals surface area contributed by atoms with Crippen molar-refractivity contribution in [3.8, 4) is 0 Å². The lowest BCUT2D eigenvalue weighted by Gasteiger charge is -2.09. The van der Waals surface area contributed by atoms with Crippen LogP contribution in [0.15, 0.2) is 24.3 Å². The molecule has 0 saturated heterocycles. The standard InChI is InChI=1S/C12H10F3NO2/c1-16-8-5-3-2-4-7(8)11(12(13,14)15)9(16)6-10(17)18/h2-5H,6H2,1H3,(H,17,18). The van der Waals surface area contributed by atoms with E-state index in [1.807, 2.05) is 0 Å². The van der Waals surface area contributed by atoms with Gasteiger partial charge in [0, 0.05) is 23.6 Å². The van der Waals surface area contributed by atoms with Gasteiger partial charge >= 0.3 is 12.1 Å². The highest BCUT2D eigenvalue weighted by molar-refractivity contribution is 5.87. The number of carboxylic acids is 1. The molecule has 1 aromatic heterocycles. The Morgan fingerprint density at radius 2 is 1.94 bits per heavy atom. The zero-order valence-corrected chi connectivity index (χ0v) is 9.45. The smallest absolute Gasteiger partial charge is 0.418 e. The van der Waals surface area contributed by atoms with Gasteiger partial charge in [-0.1, -0.05) is 18.2 Å². The number of carbonyl (C=O) groups is 1. The van der Waals surface area contributed by atoms with Crippen molar-refractivity contribution in [2.24, 2.45) is 7.05 Å². The molecule has 18 heavy (non-hydrogen) atoms. The van der Waals surface area contributed by atoms with Gasteiger partial charge in [-0.3, -0.25) is 4.79 Å². The Hall–Kier alpha value is -1.98. The van der Waals surface area contributed by atoms with Gasteiger partial charge in [-0.05, 0) is 6.07 Å². The molecule has 0 unspecified atom stereocenters. The van der Waals surface area contributed by atoms with Crippen LogP contribution >= 0.6 is 0 Å². The summed E-state index contributed by atoms with van der Waals surface area (Å²) in [6.45, 7) is 0. The first-order valence-corrected chi connectivity index (χ1v) is 5.17. The first-order valence-electron chi connectivity index (χ1n) is 5.17. The van der Waals surface area contributed by atoms with E-state index in [1.165, 1.54) is 29.8 Å². The summed E-state index contributed by atoms with van der Waals surface area (Å²) < 4.78 is 40.4. The first-order chi connectivity index (χ1) is 8.32. The molecule has 1 heterocycles. The molecular formula is C12H10F3NO2. The van der Waals surface area contributed by atoms with E-state index in [0.29, 0.717) is 5.52 Å². The average Bonchev–Trinajstić information content (AvgIpc) is 2.52. The van der Waals surface area contributed by atoms with Crippen molar-refractivity contribution in [3.05, 3.63) is 35.5 Å². The van der Waals surface area contributed by atoms with E-state index in [0.717, 1.165) is 0 Å². The maximum absolute atomic E-state index is 13.0. The highest BCUT2D eigenvalue weighted by Crippen LogP contribution is 2.39. The lowest BCUT2D eigenvalue weighted by molar-refractivity contribution is -0.139. The van der Waals surface area contributed by atoms with Crippen LogP contribution in [0.3, 0.4) is 0 Å². The van der Waals surface area contributed by atoms with Gasteiger partial charge in [-0.15, -0.1) is 0 Å². The fourth-order valence-electron chi connectivity index (χ4n) is 2.11. The van der Waals surface area contributed by atoms with Crippen LogP contribution in [0.5, 0.6) is 0 Å². The number of rotatable bonds is 2. The highest BCUT2D eigenvalue weighted by Gasteiger charge is 2.38. The zero-order valence-electron chi connectivity index (χ0n) is 9.45. The molecule has 0 fully saturated rings. The number of nitrogens with zero attached hydrogens (tertiary/aromatic N) is 1. The van der Waals surface area contributed by atoms with Crippen LogP contribution in [-0.4, -0.2) is 15.6 Å². The van der Waals surface area contributed by atoms with Crippen molar-refractivity contribution < 1.29 is 23.1 Å². The van der Waals surface area contributed by atoms with Gasteiger partial charge in [0.2, 0.25) is 0 Å².